The van der Waals surface area contributed by atoms with E-state index in [1.165, 1.54) is 6.07 Å². The third-order valence-electron chi connectivity index (χ3n) is 3.58. The van der Waals surface area contributed by atoms with E-state index in [0.29, 0.717) is 24.9 Å². The zero-order valence-electron chi connectivity index (χ0n) is 15.0. The first-order valence-electron chi connectivity index (χ1n) is 8.25. The van der Waals surface area contributed by atoms with Gasteiger partial charge in [0.15, 0.2) is 5.82 Å². The van der Waals surface area contributed by atoms with E-state index >= 15 is 0 Å². The molecule has 0 atom stereocenters. The third kappa shape index (κ3) is 5.27. The maximum absolute atomic E-state index is 12.8. The van der Waals surface area contributed by atoms with E-state index < -0.39 is 17.8 Å². The van der Waals surface area contributed by atoms with Gasteiger partial charge in [0.25, 0.3) is 0 Å². The second-order valence-electron chi connectivity index (χ2n) is 7.06. The number of anilines is 1. The minimum atomic E-state index is -4.42. The summed E-state index contributed by atoms with van der Waals surface area (Å²) < 4.78 is 45.0. The van der Waals surface area contributed by atoms with Crippen molar-refractivity contribution < 1.29 is 22.7 Å². The first-order valence-corrected chi connectivity index (χ1v) is 8.25. The number of alkyl halides is 3. The number of carbonyl (C=O) groups excluding carboxylic acids is 1. The molecule has 1 aromatic heterocycles. The summed E-state index contributed by atoms with van der Waals surface area (Å²) in [6.45, 7) is 6.27. The predicted octanol–water partition coefficient (Wildman–Crippen LogP) is 3.94. The lowest BCUT2D eigenvalue weighted by atomic mass is 10.1. The number of hydrogen-bond acceptors (Lipinski definition) is 4. The number of amides is 1. The molecule has 0 aliphatic carbocycles. The van der Waals surface area contributed by atoms with Crippen LogP contribution in [0.15, 0.2) is 18.2 Å². The van der Waals surface area contributed by atoms with Gasteiger partial charge in [-0.15, -0.1) is 0 Å². The van der Waals surface area contributed by atoms with Crippen LogP contribution in [0.2, 0.25) is 0 Å². The second-order valence-corrected chi connectivity index (χ2v) is 7.06. The van der Waals surface area contributed by atoms with Crippen LogP contribution in [0.1, 0.15) is 39.2 Å². The lowest BCUT2D eigenvalue weighted by molar-refractivity contribution is -0.137. The number of aryl methyl sites for hydroxylation is 1. The molecule has 0 saturated carbocycles. The molecule has 0 spiro atoms. The fourth-order valence-electron chi connectivity index (χ4n) is 2.42. The smallest absolute Gasteiger partial charge is 0.416 e. The molecule has 6 nitrogen and oxygen atoms in total. The fourth-order valence-corrected chi connectivity index (χ4v) is 2.42. The highest BCUT2D eigenvalue weighted by atomic mass is 19.4. The van der Waals surface area contributed by atoms with Gasteiger partial charge in [-0.3, -0.25) is 4.68 Å². The van der Waals surface area contributed by atoms with Gasteiger partial charge < -0.3 is 15.8 Å². The molecule has 0 fully saturated rings. The number of fused-ring (bicyclic) bond motifs is 1. The van der Waals surface area contributed by atoms with E-state index in [1.54, 1.807) is 4.68 Å². The van der Waals surface area contributed by atoms with Crippen LogP contribution in [0, 0.1) is 0 Å². The number of rotatable bonds is 5. The Morgan fingerprint density at radius 1 is 1.27 bits per heavy atom. The van der Waals surface area contributed by atoms with Crippen molar-refractivity contribution in [1.29, 1.82) is 0 Å². The maximum atomic E-state index is 12.8. The van der Waals surface area contributed by atoms with Crippen molar-refractivity contribution in [2.24, 2.45) is 0 Å². The van der Waals surface area contributed by atoms with Crippen LogP contribution in [0.4, 0.5) is 23.8 Å². The molecule has 1 amide bonds. The Balaban J connectivity index is 1.91. The number of nitrogens with one attached hydrogen (secondary N) is 1. The van der Waals surface area contributed by atoms with Crippen molar-refractivity contribution in [2.75, 3.05) is 12.3 Å². The second kappa shape index (κ2) is 7.43. The standard InChI is InChI=1S/C17H23F3N4O2/c1-16(2,3)22-15(25)26-9-5-4-8-24-13-7-6-11(17(18,19)20)10-12(13)14(21)23-24/h6-7,10H,4-5,8-9H2,1-3H3,(H2,21,23)(H,22,25). The lowest BCUT2D eigenvalue weighted by Crippen LogP contribution is -2.41. The highest BCUT2D eigenvalue weighted by Gasteiger charge is 2.31. The van der Waals surface area contributed by atoms with Crippen molar-refractivity contribution in [3.05, 3.63) is 23.8 Å². The molecule has 144 valence electrons. The molecule has 1 heterocycles. The average molecular weight is 372 g/mol. The predicted molar refractivity (Wildman–Crippen MR) is 92.6 cm³/mol. The van der Waals surface area contributed by atoms with Crippen LogP contribution < -0.4 is 11.1 Å². The Bertz CT molecular complexity index is 779. The topological polar surface area (TPSA) is 82.2 Å². The number of ether oxygens (including phenoxy) is 1. The number of carbonyl (C=O) groups is 1. The summed E-state index contributed by atoms with van der Waals surface area (Å²) in [4.78, 5) is 11.5. The molecule has 0 aliphatic rings. The Morgan fingerprint density at radius 3 is 2.58 bits per heavy atom. The van der Waals surface area contributed by atoms with Crippen molar-refractivity contribution in [3.8, 4) is 0 Å². The highest BCUT2D eigenvalue weighted by molar-refractivity contribution is 5.89. The number of nitrogens with zero attached hydrogens (tertiary/aromatic N) is 2. The monoisotopic (exact) mass is 372 g/mol. The number of hydrogen-bond donors (Lipinski definition) is 2. The van der Waals surface area contributed by atoms with Gasteiger partial charge in [-0.05, 0) is 51.8 Å². The summed E-state index contributed by atoms with van der Waals surface area (Å²) in [6, 6.07) is 3.39. The molecule has 1 aromatic carbocycles. The molecule has 0 aliphatic heterocycles. The van der Waals surface area contributed by atoms with Crippen molar-refractivity contribution >= 4 is 22.8 Å². The number of nitrogens with two attached hydrogens (primary N) is 1. The largest absolute Gasteiger partial charge is 0.450 e. The van der Waals surface area contributed by atoms with Gasteiger partial charge in [0, 0.05) is 17.5 Å². The molecule has 2 aromatic rings. The van der Waals surface area contributed by atoms with E-state index in [2.05, 4.69) is 10.4 Å². The van der Waals surface area contributed by atoms with Crippen LogP contribution in [-0.4, -0.2) is 28.0 Å². The first kappa shape index (κ1) is 19.9. The summed E-state index contributed by atoms with van der Waals surface area (Å²) in [5, 5.41) is 7.07. The third-order valence-corrected chi connectivity index (χ3v) is 3.58. The average Bonchev–Trinajstić information content (AvgIpc) is 2.80. The summed E-state index contributed by atoms with van der Waals surface area (Å²) >= 11 is 0. The minimum Gasteiger partial charge on any atom is -0.450 e. The molecule has 0 saturated heterocycles. The summed E-state index contributed by atoms with van der Waals surface area (Å²) in [6.07, 6.45) is -3.67. The Kier molecular flexibility index (Phi) is 5.68. The summed E-state index contributed by atoms with van der Waals surface area (Å²) in [7, 11) is 0. The highest BCUT2D eigenvalue weighted by Crippen LogP contribution is 2.33. The minimum absolute atomic E-state index is 0.0619. The number of unbranched alkanes of at least 4 members (excludes halogenated alkanes) is 1. The molecule has 9 heteroatoms. The number of aromatic nitrogens is 2. The Hall–Kier alpha value is -2.45. The van der Waals surface area contributed by atoms with Crippen LogP contribution in [0.5, 0.6) is 0 Å². The van der Waals surface area contributed by atoms with E-state index in [-0.39, 0.29) is 23.3 Å². The van der Waals surface area contributed by atoms with Gasteiger partial charge in [-0.2, -0.15) is 18.3 Å². The molecule has 3 N–H and O–H groups in total. The van der Waals surface area contributed by atoms with Crippen LogP contribution in [-0.2, 0) is 17.5 Å². The molecule has 0 unspecified atom stereocenters. The van der Waals surface area contributed by atoms with E-state index in [9.17, 15) is 18.0 Å². The van der Waals surface area contributed by atoms with Gasteiger partial charge in [-0.25, -0.2) is 4.79 Å². The van der Waals surface area contributed by atoms with Gasteiger partial charge in [0.2, 0.25) is 0 Å². The van der Waals surface area contributed by atoms with Gasteiger partial charge in [0.1, 0.15) is 0 Å². The van der Waals surface area contributed by atoms with Gasteiger partial charge in [-0.1, -0.05) is 0 Å². The SMILES string of the molecule is CC(C)(C)NC(=O)OCCCCn1nc(N)c2cc(C(F)(F)F)ccc21. The fraction of sp³-hybridized carbons (Fsp3) is 0.529. The van der Waals surface area contributed by atoms with Crippen LogP contribution in [0.25, 0.3) is 10.9 Å². The van der Waals surface area contributed by atoms with E-state index in [0.717, 1.165) is 12.1 Å². The van der Waals surface area contributed by atoms with Crippen LogP contribution in [0.3, 0.4) is 0 Å². The molecule has 0 radical (unpaired) electrons. The Morgan fingerprint density at radius 2 is 1.96 bits per heavy atom. The van der Waals surface area contributed by atoms with Crippen LogP contribution >= 0.6 is 0 Å². The normalized spacial score (nSPS) is 12.4. The van der Waals surface area contributed by atoms with Crippen molar-refractivity contribution in [2.45, 2.75) is 51.9 Å². The summed E-state index contributed by atoms with van der Waals surface area (Å²) in [5.41, 5.74) is 5.17. The molecule has 26 heavy (non-hydrogen) atoms. The van der Waals surface area contributed by atoms with Crippen molar-refractivity contribution in [1.82, 2.24) is 15.1 Å². The van der Waals surface area contributed by atoms with Crippen molar-refractivity contribution in [3.63, 3.8) is 0 Å². The Labute approximate surface area is 149 Å². The quantitative estimate of drug-likeness (QED) is 0.779. The van der Waals surface area contributed by atoms with Gasteiger partial charge >= 0.3 is 12.3 Å². The maximum Gasteiger partial charge on any atom is 0.416 e. The summed E-state index contributed by atoms with van der Waals surface area (Å²) in [5.74, 6) is 0.0619. The zero-order valence-corrected chi connectivity index (χ0v) is 15.0. The number of nitrogen functional groups attached to an aromatic ring is 1. The number of benzene rings is 1. The molecular weight excluding hydrogens is 349 g/mol. The molecule has 2 rings (SSSR count). The lowest BCUT2D eigenvalue weighted by Gasteiger charge is -2.19. The first-order chi connectivity index (χ1) is 12.0. The van der Waals surface area contributed by atoms with E-state index in [4.69, 9.17) is 10.5 Å². The molecular formula is C17H23F3N4O2. The zero-order chi connectivity index (χ0) is 19.5. The molecule has 0 bridgehead atoms. The number of halogens is 3. The van der Waals surface area contributed by atoms with Gasteiger partial charge in [0.05, 0.1) is 17.7 Å². The van der Waals surface area contributed by atoms with E-state index in [1.807, 2.05) is 20.8 Å². The number of alkyl carbamates (subject to hydrolysis) is 1.